The summed E-state index contributed by atoms with van der Waals surface area (Å²) in [7, 11) is 2.01. The van der Waals surface area contributed by atoms with Crippen LogP contribution in [0.5, 0.6) is 5.75 Å². The highest BCUT2D eigenvalue weighted by molar-refractivity contribution is 7.15. The van der Waals surface area contributed by atoms with E-state index in [9.17, 15) is 34.1 Å². The van der Waals surface area contributed by atoms with Crippen LogP contribution in [0.4, 0.5) is 10.5 Å². The molecule has 1 saturated carbocycles. The molecule has 1 heterocycles. The minimum Gasteiger partial charge on any atom is -0.410 e. The molecular weight excluding hydrogens is 601 g/mol. The number of ether oxygens (including phenoxy) is 1. The molecule has 1 aliphatic carbocycles. The van der Waals surface area contributed by atoms with Gasteiger partial charge in [0.15, 0.2) is 0 Å². The molecule has 1 saturated heterocycles. The first-order chi connectivity index (χ1) is 21.1. The predicted molar refractivity (Wildman–Crippen MR) is 170 cm³/mol. The van der Waals surface area contributed by atoms with Crippen molar-refractivity contribution in [3.8, 4) is 5.75 Å². The highest BCUT2D eigenvalue weighted by Crippen LogP contribution is 2.34. The fourth-order valence-electron chi connectivity index (χ4n) is 5.79. The smallest absolute Gasteiger partial charge is 0.410 e. The Morgan fingerprint density at radius 2 is 1.71 bits per heavy atom. The molecule has 0 bridgehead atoms. The van der Waals surface area contributed by atoms with Gasteiger partial charge in [-0.1, -0.05) is 60.3 Å². The largest absolute Gasteiger partial charge is 0.413 e. The summed E-state index contributed by atoms with van der Waals surface area (Å²) in [4.78, 5) is 78.1. The van der Waals surface area contributed by atoms with E-state index in [-0.39, 0.29) is 29.8 Å². The number of carbonyl (C=O) groups excluding carboxylic acids is 5. The summed E-state index contributed by atoms with van der Waals surface area (Å²) in [5.41, 5.74) is -0.955. The van der Waals surface area contributed by atoms with E-state index in [1.54, 1.807) is 20.8 Å². The predicted octanol–water partition coefficient (Wildman–Crippen LogP) is 3.90. The zero-order valence-electron chi connectivity index (χ0n) is 26.7. The molecule has 1 aromatic rings. The zero-order chi connectivity index (χ0) is 33.5. The molecule has 1 aliphatic heterocycles. The number of nitro groups is 1. The van der Waals surface area contributed by atoms with Gasteiger partial charge in [0.1, 0.15) is 17.8 Å². The van der Waals surface area contributed by atoms with Gasteiger partial charge in [0.2, 0.25) is 17.6 Å². The van der Waals surface area contributed by atoms with Crippen LogP contribution in [0.25, 0.3) is 0 Å². The second kappa shape index (κ2) is 15.6. The Hall–Kier alpha value is -3.60. The second-order valence-electron chi connectivity index (χ2n) is 13.5. The summed E-state index contributed by atoms with van der Waals surface area (Å²) in [6.07, 6.45) is 4.37. The summed E-state index contributed by atoms with van der Waals surface area (Å²) in [5.74, 6) is -2.04. The van der Waals surface area contributed by atoms with Crippen molar-refractivity contribution in [2.24, 2.45) is 23.2 Å². The Morgan fingerprint density at radius 1 is 1.07 bits per heavy atom. The second-order valence-corrected chi connectivity index (χ2v) is 13.8. The molecule has 14 heteroatoms. The normalized spacial score (nSPS) is 19.7. The van der Waals surface area contributed by atoms with Crippen LogP contribution in [0, 0.1) is 33.3 Å². The highest BCUT2D eigenvalue weighted by Gasteiger charge is 2.47. The van der Waals surface area contributed by atoms with E-state index >= 15 is 0 Å². The number of amides is 4. The van der Waals surface area contributed by atoms with Gasteiger partial charge in [0.25, 0.3) is 11.6 Å². The van der Waals surface area contributed by atoms with Gasteiger partial charge in [-0.3, -0.25) is 29.3 Å². The van der Waals surface area contributed by atoms with Crippen molar-refractivity contribution in [1.82, 2.24) is 20.6 Å². The van der Waals surface area contributed by atoms with Crippen LogP contribution in [0.1, 0.15) is 79.6 Å². The van der Waals surface area contributed by atoms with E-state index < -0.39 is 58.1 Å². The van der Waals surface area contributed by atoms with Gasteiger partial charge >= 0.3 is 6.09 Å². The van der Waals surface area contributed by atoms with Gasteiger partial charge in [0, 0.05) is 18.7 Å². The molecular formula is C31H46N5O8P. The Morgan fingerprint density at radius 3 is 2.22 bits per heavy atom. The molecule has 248 valence electrons. The topological polar surface area (TPSA) is 177 Å². The summed E-state index contributed by atoms with van der Waals surface area (Å²) in [5, 5.41) is 18.7. The molecule has 2 unspecified atom stereocenters. The molecule has 2 fully saturated rings. The number of hydrogen-bond acceptors (Lipinski definition) is 8. The minimum absolute atomic E-state index is 0.0575. The number of nitrogens with zero attached hydrogens (tertiary/aromatic N) is 2. The molecule has 3 N–H and O–H groups in total. The zero-order valence-corrected chi connectivity index (χ0v) is 27.8. The fourth-order valence-corrected chi connectivity index (χ4v) is 5.94. The van der Waals surface area contributed by atoms with Crippen LogP contribution in [-0.2, 0) is 19.2 Å². The van der Waals surface area contributed by atoms with E-state index in [1.807, 2.05) is 9.39 Å². The van der Waals surface area contributed by atoms with Crippen LogP contribution < -0.4 is 20.5 Å². The average molecular weight is 648 g/mol. The summed E-state index contributed by atoms with van der Waals surface area (Å²) in [6, 6.07) is 1.97. The van der Waals surface area contributed by atoms with Crippen LogP contribution in [0.15, 0.2) is 24.3 Å². The monoisotopic (exact) mass is 647 g/mol. The maximum atomic E-state index is 14.2. The quantitative estimate of drug-likeness (QED) is 0.125. The fraction of sp³-hybridized carbons (Fsp3) is 0.645. The number of Topliss-reactive ketones (excluding diaryl/α,β-unsaturated/α-hetero) is 1. The van der Waals surface area contributed by atoms with E-state index in [4.69, 9.17) is 4.74 Å². The Kier molecular flexibility index (Phi) is 12.4. The molecule has 0 aromatic heterocycles. The van der Waals surface area contributed by atoms with Gasteiger partial charge in [-0.2, -0.15) is 0 Å². The van der Waals surface area contributed by atoms with Crippen LogP contribution in [-0.4, -0.2) is 64.1 Å². The van der Waals surface area contributed by atoms with Crippen molar-refractivity contribution < 1.29 is 33.6 Å². The van der Waals surface area contributed by atoms with Crippen molar-refractivity contribution >= 4 is 44.7 Å². The Bertz CT molecular complexity index is 1260. The van der Waals surface area contributed by atoms with Gasteiger partial charge < -0.3 is 25.4 Å². The lowest BCUT2D eigenvalue weighted by Crippen LogP contribution is -2.60. The van der Waals surface area contributed by atoms with Crippen molar-refractivity contribution in [2.75, 3.05) is 6.54 Å². The first-order valence-electron chi connectivity index (χ1n) is 15.5. The number of hydrogen-bond donors (Lipinski definition) is 3. The summed E-state index contributed by atoms with van der Waals surface area (Å²) in [6.45, 7) is 9.77. The van der Waals surface area contributed by atoms with Crippen molar-refractivity contribution in [3.63, 3.8) is 0 Å². The molecule has 5 atom stereocenters. The van der Waals surface area contributed by atoms with Crippen molar-refractivity contribution in [3.05, 3.63) is 34.4 Å². The minimum atomic E-state index is -1.09. The molecule has 4 amide bonds. The summed E-state index contributed by atoms with van der Waals surface area (Å²) < 4.78 is 5.31. The van der Waals surface area contributed by atoms with E-state index in [2.05, 4.69) is 29.6 Å². The van der Waals surface area contributed by atoms with E-state index in [0.29, 0.717) is 25.2 Å². The number of ketones is 1. The van der Waals surface area contributed by atoms with Crippen molar-refractivity contribution in [2.45, 2.75) is 97.7 Å². The lowest BCUT2D eigenvalue weighted by atomic mass is 9.80. The maximum Gasteiger partial charge on any atom is 0.413 e. The highest BCUT2D eigenvalue weighted by atomic mass is 31.0. The number of non-ortho nitro benzene ring substituents is 1. The third kappa shape index (κ3) is 9.69. The average Bonchev–Trinajstić information content (AvgIpc) is 3.38. The molecule has 3 rings (SSSR count). The first kappa shape index (κ1) is 35.9. The van der Waals surface area contributed by atoms with Crippen molar-refractivity contribution in [1.29, 1.82) is 0 Å². The number of nitro benzene ring substituents is 1. The van der Waals surface area contributed by atoms with Gasteiger partial charge in [-0.25, -0.2) is 4.79 Å². The Labute approximate surface area is 266 Å². The number of nitrogens with one attached hydrogen (secondary N) is 3. The molecule has 13 nitrogen and oxygen atoms in total. The molecule has 2 aliphatic rings. The molecule has 0 radical (unpaired) electrons. The van der Waals surface area contributed by atoms with Crippen LogP contribution in [0.2, 0.25) is 0 Å². The molecule has 0 spiro atoms. The number of likely N-dealkylation sites (tertiary alicyclic amines) is 1. The number of benzene rings is 1. The van der Waals surface area contributed by atoms with Gasteiger partial charge in [0.05, 0.1) is 11.0 Å². The summed E-state index contributed by atoms with van der Waals surface area (Å²) >= 11 is 0. The first-order valence-corrected chi connectivity index (χ1v) is 16.1. The third-order valence-corrected chi connectivity index (χ3v) is 8.87. The lowest BCUT2D eigenvalue weighted by Gasteiger charge is -2.36. The SMILES string of the molecule is CC(C)CC[C@H]1CCN(C(=O)[C@@H](NC(=O)Oc2ccc([N+](=O)[O-])cc2)C(C)(C)C)[C@@H]1C(=O)NC(CC1CCC1)C(=O)C(=O)NP. The van der Waals surface area contributed by atoms with Crippen LogP contribution in [0.3, 0.4) is 0 Å². The van der Waals surface area contributed by atoms with E-state index in [0.717, 1.165) is 25.7 Å². The molecule has 1 aromatic carbocycles. The third-order valence-electron chi connectivity index (χ3n) is 8.60. The molecule has 45 heavy (non-hydrogen) atoms. The number of carbonyl (C=O) groups is 5. The van der Waals surface area contributed by atoms with Gasteiger partial charge in [-0.15, -0.1) is 0 Å². The van der Waals surface area contributed by atoms with E-state index in [1.165, 1.54) is 29.2 Å². The Balaban J connectivity index is 1.84. The maximum absolute atomic E-state index is 14.2. The lowest BCUT2D eigenvalue weighted by molar-refractivity contribution is -0.384. The number of rotatable bonds is 13. The van der Waals surface area contributed by atoms with Gasteiger partial charge in [-0.05, 0) is 64.0 Å². The van der Waals surface area contributed by atoms with Crippen LogP contribution >= 0.6 is 9.39 Å². The standard InChI is InChI=1S/C31H46N5O8P/c1-18(2)9-10-20-15-16-35(24(20)27(38)32-23(17-19-7-6-8-19)25(37)28(39)34-45)29(40)26(31(3,4)5)33-30(41)44-22-13-11-21(12-14-22)36(42)43/h11-14,18-20,23-24,26H,6-10,15-17,45H2,1-5H3,(H,32,38)(H,33,41)(H,34,39)/t20-,23?,24-,26+/m0/s1.